The highest BCUT2D eigenvalue weighted by atomic mass is 16.3. The third-order valence-corrected chi connectivity index (χ3v) is 9.54. The van der Waals surface area contributed by atoms with E-state index in [1.54, 1.807) is 0 Å². The van der Waals surface area contributed by atoms with Crippen LogP contribution >= 0.6 is 0 Å². The first-order valence-corrected chi connectivity index (χ1v) is 16.2. The average Bonchev–Trinajstić information content (AvgIpc) is 1.54. The van der Waals surface area contributed by atoms with Gasteiger partial charge in [-0.1, -0.05) is 142 Å². The second-order valence-electron chi connectivity index (χ2n) is 12.6. The molecule has 0 aliphatic heterocycles. The second kappa shape index (κ2) is 11.1. The van der Waals surface area contributed by atoms with E-state index in [9.17, 15) is 15.1 Å². The van der Waals surface area contributed by atoms with Crippen LogP contribution in [0.1, 0.15) is 97.6 Å². The molecular weight excluding hydrogens is 655 g/mol. The molecule has 0 saturated heterocycles. The van der Waals surface area contributed by atoms with Crippen LogP contribution < -0.4 is 4.90 Å². The summed E-state index contributed by atoms with van der Waals surface area (Å²) in [6.45, 7) is -15.7. The van der Waals surface area contributed by atoms with Gasteiger partial charge in [-0.25, -0.2) is 0 Å². The molecule has 0 unspecified atom stereocenters. The van der Waals surface area contributed by atoms with E-state index >= 15 is 0 Å². The van der Waals surface area contributed by atoms with Crippen LogP contribution in [0.5, 0.6) is 0 Å². The van der Waals surface area contributed by atoms with Crippen LogP contribution in [0.2, 0.25) is 0 Å². The Morgan fingerprint density at radius 3 is 1.85 bits per heavy atom. The zero-order valence-electron chi connectivity index (χ0n) is 62.2. The number of furan rings is 1. The molecule has 9 aromatic rings. The summed E-state index contributed by atoms with van der Waals surface area (Å²) < 4.78 is 328. The van der Waals surface area contributed by atoms with E-state index < -0.39 is 277 Å². The lowest BCUT2D eigenvalue weighted by Crippen LogP contribution is -2.18. The Morgan fingerprint density at radius 1 is 0.463 bits per heavy atom. The molecular formula is C52H39NO. The van der Waals surface area contributed by atoms with Gasteiger partial charge in [0, 0.05) is 66.5 Å². The highest BCUT2D eigenvalue weighted by molar-refractivity contribution is 6.19. The number of rotatable bonds is 4. The van der Waals surface area contributed by atoms with Crippen molar-refractivity contribution in [1.29, 1.82) is 0 Å². The molecule has 11 rings (SSSR count). The van der Waals surface area contributed by atoms with E-state index in [0.29, 0.717) is 0 Å². The molecule has 0 spiro atoms. The molecule has 2 heteroatoms. The van der Waals surface area contributed by atoms with Crippen molar-refractivity contribution >= 4 is 49.8 Å². The Kier molecular flexibility index (Phi) is 2.47. The van der Waals surface area contributed by atoms with Gasteiger partial charge in [0.15, 0.2) is 0 Å². The van der Waals surface area contributed by atoms with E-state index in [1.807, 2.05) is 0 Å². The van der Waals surface area contributed by atoms with Gasteiger partial charge in [-0.2, -0.15) is 0 Å². The minimum Gasteiger partial charge on any atom is -0.455 e. The summed E-state index contributed by atoms with van der Waals surface area (Å²) >= 11 is 0. The van der Waals surface area contributed by atoms with Crippen molar-refractivity contribution in [3.63, 3.8) is 0 Å². The Hall–Kier alpha value is -6.38. The lowest BCUT2D eigenvalue weighted by molar-refractivity contribution is 0.660. The van der Waals surface area contributed by atoms with Crippen molar-refractivity contribution in [3.05, 3.63) is 185 Å². The minimum absolute atomic E-state index is 0.194. The molecule has 0 fully saturated rings. The molecule has 1 heterocycles. The topological polar surface area (TPSA) is 16.4 Å². The minimum atomic E-state index is -4.07. The van der Waals surface area contributed by atoms with Gasteiger partial charge in [-0.05, 0) is 103 Å². The molecule has 2 nitrogen and oxygen atoms in total. The molecule has 0 radical (unpaired) electrons. The van der Waals surface area contributed by atoms with Gasteiger partial charge in [0.25, 0.3) is 0 Å². The fourth-order valence-electron chi connectivity index (χ4n) is 7.10. The van der Waals surface area contributed by atoms with Gasteiger partial charge >= 0.3 is 0 Å². The van der Waals surface area contributed by atoms with Crippen LogP contribution in [0.25, 0.3) is 66.1 Å². The maximum Gasteiger partial charge on any atom is 0.143 e. The smallest absolute Gasteiger partial charge is 0.143 e. The predicted molar refractivity (Wildman–Crippen MR) is 226 cm³/mol. The zero-order chi connectivity index (χ0) is 66.4. The summed E-state index contributed by atoms with van der Waals surface area (Å²) in [6.07, 6.45) is 0. The van der Waals surface area contributed by atoms with E-state index in [1.165, 1.54) is 18.2 Å². The summed E-state index contributed by atoms with van der Waals surface area (Å²) in [4.78, 5) is 0.194. The fraction of sp³-hybridized carbons (Fsp3) is 0.115. The number of hydrogen-bond donors (Lipinski definition) is 0. The lowest BCUT2D eigenvalue weighted by atomic mass is 9.82. The summed E-state index contributed by atoms with van der Waals surface area (Å²) in [5.41, 5.74) is -21.7. The molecule has 2 aliphatic rings. The first-order valence-electron chi connectivity index (χ1n) is 33.7. The summed E-state index contributed by atoms with van der Waals surface area (Å²) in [5.74, 6) is 0. The van der Waals surface area contributed by atoms with Gasteiger partial charge in [0.2, 0.25) is 0 Å². The molecule has 0 amide bonds. The fourth-order valence-corrected chi connectivity index (χ4v) is 7.10. The Bertz CT molecular complexity index is 4720. The van der Waals surface area contributed by atoms with Gasteiger partial charge in [0.1, 0.15) is 11.2 Å². The number of anilines is 3. The van der Waals surface area contributed by atoms with Gasteiger partial charge in [-0.15, -0.1) is 0 Å². The normalized spacial score (nSPS) is 24.8. The van der Waals surface area contributed by atoms with Crippen LogP contribution in [0, 0.1) is 0 Å². The molecule has 2 aliphatic carbocycles. The van der Waals surface area contributed by atoms with E-state index in [0.717, 1.165) is 6.07 Å². The molecule has 8 aromatic carbocycles. The van der Waals surface area contributed by atoms with Crippen LogP contribution in [-0.4, -0.2) is 0 Å². The standard InChI is InChI=1S/C52H39NO/c1-51(2)45-20-12-10-17-37(45)39-25-22-33(28-47(39)51)53(34-23-26-40-38-18-11-13-21-46(38)52(3,4)48(40)29-34)35-24-27-41-44-31-43(32-14-6-5-7-15-32)36-16-8-9-19-42(36)50(44)54-49(41)30-35/h5-31H,1-4H3/i1D3,2D3,3D3,4D3,5D,6D,7D,8D,9D,10D,12D,14D,15D,16D,17D,19D,20D,22D,23D,24D,25D,26D,27D,28D,29D,30D,31D. The summed E-state index contributed by atoms with van der Waals surface area (Å²) in [5, 5.41) is -2.92. The lowest BCUT2D eigenvalue weighted by Gasteiger charge is -2.29. The molecule has 54 heavy (non-hydrogen) atoms. The zero-order valence-corrected chi connectivity index (χ0v) is 27.2. The number of hydrogen-bond acceptors (Lipinski definition) is 2. The van der Waals surface area contributed by atoms with Crippen molar-refractivity contribution < 1.29 is 52.4 Å². The maximum absolute atomic E-state index is 10.2. The monoisotopic (exact) mass is 729 g/mol. The van der Waals surface area contributed by atoms with Gasteiger partial charge in [0.05, 0.1) is 31.5 Å². The van der Waals surface area contributed by atoms with Gasteiger partial charge in [-0.3, -0.25) is 0 Å². The van der Waals surface area contributed by atoms with Crippen molar-refractivity contribution in [1.82, 2.24) is 0 Å². The first-order chi connectivity index (χ1) is 40.9. The average molecular weight is 729 g/mol. The van der Waals surface area contributed by atoms with E-state index in [2.05, 4.69) is 0 Å². The first kappa shape index (κ1) is 12.1. The maximum atomic E-state index is 10.2. The van der Waals surface area contributed by atoms with E-state index in [-0.39, 0.29) is 10.5 Å². The third kappa shape index (κ3) is 4.28. The van der Waals surface area contributed by atoms with Crippen LogP contribution in [0.4, 0.5) is 17.1 Å². The van der Waals surface area contributed by atoms with Crippen molar-refractivity contribution in [2.45, 2.75) is 38.2 Å². The number of benzene rings is 8. The van der Waals surface area contributed by atoms with Crippen LogP contribution in [-0.2, 0) is 10.8 Å². The molecule has 0 saturated carbocycles. The third-order valence-electron chi connectivity index (χ3n) is 9.54. The number of nitrogens with zero attached hydrogens (tertiary/aromatic N) is 1. The molecule has 258 valence electrons. The predicted octanol–water partition coefficient (Wildman–Crippen LogP) is 14.5. The van der Waals surface area contributed by atoms with Crippen molar-refractivity contribution in [3.8, 4) is 33.4 Å². The SMILES string of the molecule is [2H]c1c([2H])c([2H])c(-c2c([2H])c3c(oc4c([2H])c(N(c5c([2H])c([2H])c6c(c5[2H])C(C([2H])([2H])[2H])(C([2H])([2H])[2H])c5ccccc5-6)c5c([2H])c([2H])c6c(c5[2H])C(C([2H])([2H])[2H])(C([2H])([2H])[2H])c5c([2H])c([2H])c([2H])c([2H])c5-6)c([2H])c([2H])c43)c3c([2H])c([2H])c([2H])c([2H])c23)c([2H])c1[2H]. The quantitative estimate of drug-likeness (QED) is 0.179. The van der Waals surface area contributed by atoms with Crippen molar-refractivity contribution in [2.75, 3.05) is 4.90 Å². The Morgan fingerprint density at radius 2 is 1.07 bits per heavy atom. The Labute approximate surface area is 365 Å². The second-order valence-corrected chi connectivity index (χ2v) is 12.6. The van der Waals surface area contributed by atoms with E-state index in [4.69, 9.17) is 37.3 Å². The Balaban J connectivity index is 1.41. The molecule has 1 aromatic heterocycles. The van der Waals surface area contributed by atoms with Crippen LogP contribution in [0.3, 0.4) is 0 Å². The van der Waals surface area contributed by atoms with Crippen molar-refractivity contribution in [2.24, 2.45) is 0 Å². The largest absolute Gasteiger partial charge is 0.455 e. The highest BCUT2D eigenvalue weighted by Crippen LogP contribution is 2.53. The molecule has 0 N–H and O–H groups in total. The summed E-state index contributed by atoms with van der Waals surface area (Å²) in [6, 6.07) is -21.6. The van der Waals surface area contributed by atoms with Crippen LogP contribution in [0.15, 0.2) is 168 Å². The molecule has 0 bridgehead atoms. The molecule has 0 atom stereocenters. The highest BCUT2D eigenvalue weighted by Gasteiger charge is 2.37. The summed E-state index contributed by atoms with van der Waals surface area (Å²) in [7, 11) is 0. The number of fused-ring (bicyclic) bond motifs is 11. The van der Waals surface area contributed by atoms with Gasteiger partial charge < -0.3 is 9.32 Å².